The molecule has 0 aliphatic carbocycles. The number of alkyl carbamates (subject to hydrolysis) is 1. The molecule has 4 heteroatoms. The van der Waals surface area contributed by atoms with Crippen molar-refractivity contribution in [3.05, 3.63) is 71.4 Å². The van der Waals surface area contributed by atoms with Crippen molar-refractivity contribution in [3.8, 4) is 0 Å². The predicted molar refractivity (Wildman–Crippen MR) is 110 cm³/mol. The summed E-state index contributed by atoms with van der Waals surface area (Å²) in [6.07, 6.45) is 3.15. The van der Waals surface area contributed by atoms with Crippen LogP contribution in [0.5, 0.6) is 0 Å². The van der Waals surface area contributed by atoms with Crippen LogP contribution in [0.1, 0.15) is 37.5 Å². The van der Waals surface area contributed by atoms with Gasteiger partial charge in [-0.1, -0.05) is 42.0 Å². The van der Waals surface area contributed by atoms with Gasteiger partial charge in [-0.2, -0.15) is 0 Å². The first-order chi connectivity index (χ1) is 12.8. The molecule has 3 rings (SSSR count). The van der Waals surface area contributed by atoms with Gasteiger partial charge in [0.15, 0.2) is 0 Å². The summed E-state index contributed by atoms with van der Waals surface area (Å²) in [5.74, 6) is 0. The van der Waals surface area contributed by atoms with Gasteiger partial charge in [0.05, 0.1) is 0 Å². The fourth-order valence-electron chi connectivity index (χ4n) is 3.27. The van der Waals surface area contributed by atoms with Gasteiger partial charge in [0, 0.05) is 23.1 Å². The molecule has 142 valence electrons. The van der Waals surface area contributed by atoms with Gasteiger partial charge in [0.25, 0.3) is 0 Å². The molecule has 2 aromatic carbocycles. The van der Waals surface area contributed by atoms with Crippen LogP contribution < -0.4 is 5.32 Å². The highest BCUT2D eigenvalue weighted by Crippen LogP contribution is 2.22. The van der Waals surface area contributed by atoms with E-state index in [4.69, 9.17) is 4.74 Å². The van der Waals surface area contributed by atoms with Gasteiger partial charge in [-0.15, -0.1) is 0 Å². The fourth-order valence-corrected chi connectivity index (χ4v) is 3.27. The molecule has 1 atom stereocenters. The summed E-state index contributed by atoms with van der Waals surface area (Å²) in [7, 11) is 0. The van der Waals surface area contributed by atoms with Gasteiger partial charge >= 0.3 is 6.09 Å². The minimum Gasteiger partial charge on any atom is -0.444 e. The lowest BCUT2D eigenvalue weighted by Crippen LogP contribution is -2.41. The summed E-state index contributed by atoms with van der Waals surface area (Å²) in [6, 6.07) is 16.6. The standard InChI is InChI=1S/C23H28N2O2/c1-16-10-11-21-20(12-16)18(15-24-21)14-19(13-17-8-6-5-7-9-17)25-22(26)27-23(2,3)4/h5-12,15,19,24H,13-14H2,1-4H3,(H,25,26). The lowest BCUT2D eigenvalue weighted by atomic mass is 9.98. The average molecular weight is 364 g/mol. The zero-order valence-corrected chi connectivity index (χ0v) is 16.5. The van der Waals surface area contributed by atoms with Crippen LogP contribution in [0.2, 0.25) is 0 Å². The predicted octanol–water partition coefficient (Wildman–Crippen LogP) is 5.15. The van der Waals surface area contributed by atoms with Crippen molar-refractivity contribution in [2.75, 3.05) is 0 Å². The number of carbonyl (C=O) groups excluding carboxylic acids is 1. The van der Waals surface area contributed by atoms with Gasteiger partial charge in [-0.25, -0.2) is 4.79 Å². The Morgan fingerprint density at radius 2 is 1.85 bits per heavy atom. The highest BCUT2D eigenvalue weighted by atomic mass is 16.6. The largest absolute Gasteiger partial charge is 0.444 e. The number of carbonyl (C=O) groups is 1. The van der Waals surface area contributed by atoms with Crippen molar-refractivity contribution in [3.63, 3.8) is 0 Å². The minimum atomic E-state index is -0.515. The molecule has 1 amide bonds. The molecular weight excluding hydrogens is 336 g/mol. The molecule has 3 aromatic rings. The first-order valence-corrected chi connectivity index (χ1v) is 9.40. The number of rotatable bonds is 5. The Bertz CT molecular complexity index is 907. The number of hydrogen-bond donors (Lipinski definition) is 2. The molecule has 1 heterocycles. The van der Waals surface area contributed by atoms with E-state index < -0.39 is 5.60 Å². The molecule has 27 heavy (non-hydrogen) atoms. The third kappa shape index (κ3) is 5.36. The highest BCUT2D eigenvalue weighted by Gasteiger charge is 2.21. The highest BCUT2D eigenvalue weighted by molar-refractivity contribution is 5.84. The second kappa shape index (κ2) is 7.87. The molecule has 1 aromatic heterocycles. The number of aromatic nitrogens is 1. The van der Waals surface area contributed by atoms with E-state index in [-0.39, 0.29) is 12.1 Å². The Morgan fingerprint density at radius 3 is 2.56 bits per heavy atom. The van der Waals surface area contributed by atoms with Gasteiger partial charge in [0.1, 0.15) is 5.60 Å². The number of aryl methyl sites for hydroxylation is 1. The molecule has 0 radical (unpaired) electrons. The summed E-state index contributed by atoms with van der Waals surface area (Å²) in [4.78, 5) is 15.7. The topological polar surface area (TPSA) is 54.1 Å². The van der Waals surface area contributed by atoms with Crippen LogP contribution in [0.25, 0.3) is 10.9 Å². The number of benzene rings is 2. The first kappa shape index (κ1) is 19.0. The zero-order chi connectivity index (χ0) is 19.4. The SMILES string of the molecule is Cc1ccc2[nH]cc(CC(Cc3ccccc3)NC(=O)OC(C)(C)C)c2c1. The Labute approximate surface area is 160 Å². The van der Waals surface area contributed by atoms with Crippen LogP contribution in [0.3, 0.4) is 0 Å². The molecule has 0 bridgehead atoms. The number of hydrogen-bond acceptors (Lipinski definition) is 2. The fraction of sp³-hybridized carbons (Fsp3) is 0.348. The molecule has 1 unspecified atom stereocenters. The van der Waals surface area contributed by atoms with E-state index in [1.165, 1.54) is 22.1 Å². The molecule has 0 saturated heterocycles. The molecule has 0 spiro atoms. The van der Waals surface area contributed by atoms with E-state index in [1.54, 1.807) is 0 Å². The van der Waals surface area contributed by atoms with Crippen molar-refractivity contribution < 1.29 is 9.53 Å². The third-order valence-corrected chi connectivity index (χ3v) is 4.44. The van der Waals surface area contributed by atoms with E-state index in [0.717, 1.165) is 18.4 Å². The van der Waals surface area contributed by atoms with Crippen molar-refractivity contribution in [1.82, 2.24) is 10.3 Å². The van der Waals surface area contributed by atoms with Gasteiger partial charge in [-0.3, -0.25) is 0 Å². The second-order valence-electron chi connectivity index (χ2n) is 8.10. The summed E-state index contributed by atoms with van der Waals surface area (Å²) in [6.45, 7) is 7.72. The molecular formula is C23H28N2O2. The number of fused-ring (bicyclic) bond motifs is 1. The van der Waals surface area contributed by atoms with E-state index in [2.05, 4.69) is 47.6 Å². The van der Waals surface area contributed by atoms with Crippen LogP contribution in [0.15, 0.2) is 54.7 Å². The molecule has 2 N–H and O–H groups in total. The lowest BCUT2D eigenvalue weighted by molar-refractivity contribution is 0.0504. The van der Waals surface area contributed by atoms with Crippen LogP contribution in [0.4, 0.5) is 4.79 Å². The maximum absolute atomic E-state index is 12.4. The Morgan fingerprint density at radius 1 is 1.11 bits per heavy atom. The van der Waals surface area contributed by atoms with Crippen LogP contribution in [-0.2, 0) is 17.6 Å². The maximum Gasteiger partial charge on any atom is 0.407 e. The summed E-state index contributed by atoms with van der Waals surface area (Å²) >= 11 is 0. The zero-order valence-electron chi connectivity index (χ0n) is 16.5. The summed E-state index contributed by atoms with van der Waals surface area (Å²) in [5.41, 5.74) is 4.22. The smallest absolute Gasteiger partial charge is 0.407 e. The normalized spacial score (nSPS) is 12.7. The Balaban J connectivity index is 1.82. The van der Waals surface area contributed by atoms with E-state index in [9.17, 15) is 4.79 Å². The Kier molecular flexibility index (Phi) is 5.54. The van der Waals surface area contributed by atoms with Crippen molar-refractivity contribution >= 4 is 17.0 Å². The monoisotopic (exact) mass is 364 g/mol. The number of nitrogens with one attached hydrogen (secondary N) is 2. The quantitative estimate of drug-likeness (QED) is 0.657. The van der Waals surface area contributed by atoms with E-state index in [1.807, 2.05) is 45.2 Å². The number of H-pyrrole nitrogens is 1. The van der Waals surface area contributed by atoms with E-state index >= 15 is 0 Å². The van der Waals surface area contributed by atoms with Crippen LogP contribution >= 0.6 is 0 Å². The lowest BCUT2D eigenvalue weighted by Gasteiger charge is -2.24. The number of ether oxygens (including phenoxy) is 1. The Hall–Kier alpha value is -2.75. The molecule has 0 aliphatic rings. The third-order valence-electron chi connectivity index (χ3n) is 4.44. The number of amides is 1. The molecule has 0 saturated carbocycles. The minimum absolute atomic E-state index is 0.0539. The van der Waals surface area contributed by atoms with Gasteiger partial charge in [0.2, 0.25) is 0 Å². The second-order valence-corrected chi connectivity index (χ2v) is 8.10. The van der Waals surface area contributed by atoms with Crippen LogP contribution in [0, 0.1) is 6.92 Å². The van der Waals surface area contributed by atoms with E-state index in [0.29, 0.717) is 0 Å². The summed E-state index contributed by atoms with van der Waals surface area (Å²) < 4.78 is 5.47. The maximum atomic E-state index is 12.4. The molecule has 0 aliphatic heterocycles. The average Bonchev–Trinajstić information content (AvgIpc) is 2.96. The summed E-state index contributed by atoms with van der Waals surface area (Å²) in [5, 5.41) is 4.27. The van der Waals surface area contributed by atoms with Crippen molar-refractivity contribution in [2.24, 2.45) is 0 Å². The van der Waals surface area contributed by atoms with Gasteiger partial charge in [-0.05, 0) is 63.8 Å². The molecule has 0 fully saturated rings. The van der Waals surface area contributed by atoms with Crippen molar-refractivity contribution in [2.45, 2.75) is 52.2 Å². The van der Waals surface area contributed by atoms with Crippen LogP contribution in [-0.4, -0.2) is 22.7 Å². The van der Waals surface area contributed by atoms with Gasteiger partial charge < -0.3 is 15.0 Å². The number of aromatic amines is 1. The molecule has 4 nitrogen and oxygen atoms in total. The first-order valence-electron chi connectivity index (χ1n) is 9.40. The van der Waals surface area contributed by atoms with Crippen molar-refractivity contribution in [1.29, 1.82) is 0 Å².